The SMILES string of the molecule is c1ccc(N(Cc2cccc3c2CCCC3)c2cccc3c2CCCC3)cc1. The Morgan fingerprint density at radius 3 is 2.00 bits per heavy atom. The highest BCUT2D eigenvalue weighted by molar-refractivity contribution is 5.68. The van der Waals surface area contributed by atoms with Crippen molar-refractivity contribution in [2.24, 2.45) is 0 Å². The van der Waals surface area contributed by atoms with Crippen LogP contribution in [0.1, 0.15) is 53.5 Å². The van der Waals surface area contributed by atoms with Crippen molar-refractivity contribution in [1.82, 2.24) is 0 Å². The van der Waals surface area contributed by atoms with E-state index >= 15 is 0 Å². The lowest BCUT2D eigenvalue weighted by molar-refractivity contribution is 0.675. The number of benzene rings is 3. The highest BCUT2D eigenvalue weighted by Crippen LogP contribution is 2.36. The average Bonchev–Trinajstić information content (AvgIpc) is 2.78. The molecule has 2 aliphatic rings. The molecule has 0 bridgehead atoms. The van der Waals surface area contributed by atoms with Crippen LogP contribution in [-0.2, 0) is 32.2 Å². The Labute approximate surface area is 169 Å². The van der Waals surface area contributed by atoms with Gasteiger partial charge in [0.25, 0.3) is 0 Å². The van der Waals surface area contributed by atoms with Gasteiger partial charge in [0, 0.05) is 17.9 Å². The summed E-state index contributed by atoms with van der Waals surface area (Å²) in [7, 11) is 0. The number of hydrogen-bond donors (Lipinski definition) is 0. The summed E-state index contributed by atoms with van der Waals surface area (Å²) in [5.41, 5.74) is 10.5. The third-order valence-corrected chi connectivity index (χ3v) is 6.55. The largest absolute Gasteiger partial charge is 0.337 e. The molecule has 142 valence electrons. The topological polar surface area (TPSA) is 3.24 Å². The molecule has 5 rings (SSSR count). The Kier molecular flexibility index (Phi) is 4.91. The molecule has 0 unspecified atom stereocenters. The molecule has 2 aliphatic carbocycles. The minimum absolute atomic E-state index is 0.962. The second kappa shape index (κ2) is 7.83. The van der Waals surface area contributed by atoms with Gasteiger partial charge in [-0.3, -0.25) is 0 Å². The summed E-state index contributed by atoms with van der Waals surface area (Å²) in [5, 5.41) is 0. The summed E-state index contributed by atoms with van der Waals surface area (Å²) in [6.07, 6.45) is 10.2. The second-order valence-electron chi connectivity index (χ2n) is 8.31. The zero-order valence-electron chi connectivity index (χ0n) is 16.7. The first-order chi connectivity index (χ1) is 13.9. The maximum absolute atomic E-state index is 2.56. The molecule has 0 saturated heterocycles. The summed E-state index contributed by atoms with van der Waals surface area (Å²) in [6, 6.07) is 24.9. The molecule has 0 atom stereocenters. The van der Waals surface area contributed by atoms with E-state index in [2.05, 4.69) is 71.6 Å². The van der Waals surface area contributed by atoms with Crippen LogP contribution in [0.5, 0.6) is 0 Å². The van der Waals surface area contributed by atoms with E-state index in [0.29, 0.717) is 0 Å². The Bertz CT molecular complexity index is 957. The number of anilines is 2. The van der Waals surface area contributed by atoms with E-state index in [1.807, 2.05) is 0 Å². The van der Waals surface area contributed by atoms with Gasteiger partial charge in [-0.05, 0) is 97.4 Å². The Hall–Kier alpha value is -2.54. The zero-order valence-corrected chi connectivity index (χ0v) is 16.7. The van der Waals surface area contributed by atoms with Crippen molar-refractivity contribution in [2.45, 2.75) is 57.9 Å². The molecule has 0 heterocycles. The van der Waals surface area contributed by atoms with E-state index in [9.17, 15) is 0 Å². The third kappa shape index (κ3) is 3.35. The quantitative estimate of drug-likeness (QED) is 0.491. The van der Waals surface area contributed by atoms with Gasteiger partial charge in [-0.2, -0.15) is 0 Å². The minimum Gasteiger partial charge on any atom is -0.337 e. The molecule has 3 aromatic carbocycles. The van der Waals surface area contributed by atoms with Gasteiger partial charge in [0.15, 0.2) is 0 Å². The monoisotopic (exact) mass is 367 g/mol. The number of hydrogen-bond acceptors (Lipinski definition) is 1. The molecule has 0 spiro atoms. The second-order valence-corrected chi connectivity index (χ2v) is 8.31. The van der Waals surface area contributed by atoms with Crippen LogP contribution in [0, 0.1) is 0 Å². The first kappa shape index (κ1) is 17.6. The van der Waals surface area contributed by atoms with E-state index < -0.39 is 0 Å². The van der Waals surface area contributed by atoms with Gasteiger partial charge in [-0.25, -0.2) is 0 Å². The van der Waals surface area contributed by atoms with Gasteiger partial charge in [-0.15, -0.1) is 0 Å². The van der Waals surface area contributed by atoms with Crippen molar-refractivity contribution >= 4 is 11.4 Å². The highest BCUT2D eigenvalue weighted by Gasteiger charge is 2.21. The minimum atomic E-state index is 0.962. The van der Waals surface area contributed by atoms with Crippen LogP contribution in [0.25, 0.3) is 0 Å². The molecular weight excluding hydrogens is 338 g/mol. The van der Waals surface area contributed by atoms with Gasteiger partial charge in [0.1, 0.15) is 0 Å². The van der Waals surface area contributed by atoms with Crippen LogP contribution in [0.15, 0.2) is 66.7 Å². The van der Waals surface area contributed by atoms with Crippen LogP contribution in [0.3, 0.4) is 0 Å². The normalized spacial score (nSPS) is 15.6. The summed E-state index contributed by atoms with van der Waals surface area (Å²) in [5.74, 6) is 0. The molecule has 0 fully saturated rings. The fourth-order valence-electron chi connectivity index (χ4n) is 5.12. The van der Waals surface area contributed by atoms with Crippen molar-refractivity contribution in [2.75, 3.05) is 4.90 Å². The Balaban J connectivity index is 1.60. The lowest BCUT2D eigenvalue weighted by atomic mass is 9.87. The molecule has 0 aromatic heterocycles. The smallest absolute Gasteiger partial charge is 0.0484 e. The van der Waals surface area contributed by atoms with Crippen LogP contribution >= 0.6 is 0 Å². The average molecular weight is 368 g/mol. The van der Waals surface area contributed by atoms with E-state index in [4.69, 9.17) is 0 Å². The van der Waals surface area contributed by atoms with Gasteiger partial charge >= 0.3 is 0 Å². The highest BCUT2D eigenvalue weighted by atomic mass is 15.1. The summed E-state index contributed by atoms with van der Waals surface area (Å²) in [4.78, 5) is 2.56. The molecule has 0 N–H and O–H groups in total. The van der Waals surface area contributed by atoms with Gasteiger partial charge < -0.3 is 4.90 Å². The Morgan fingerprint density at radius 2 is 1.21 bits per heavy atom. The molecule has 0 aliphatic heterocycles. The lowest BCUT2D eigenvalue weighted by Crippen LogP contribution is -2.21. The van der Waals surface area contributed by atoms with Crippen molar-refractivity contribution in [3.63, 3.8) is 0 Å². The standard InChI is InChI=1S/C27H29N/c1-2-15-24(16-3-1)28(27-19-9-13-22-11-5-7-18-26(22)27)20-23-14-8-12-21-10-4-6-17-25(21)23/h1-3,8-9,12-16,19H,4-7,10-11,17-18,20H2. The van der Waals surface area contributed by atoms with E-state index in [1.54, 1.807) is 22.3 Å². The fourth-order valence-corrected chi connectivity index (χ4v) is 5.12. The maximum atomic E-state index is 2.56. The lowest BCUT2D eigenvalue weighted by Gasteiger charge is -2.31. The molecule has 0 amide bonds. The zero-order chi connectivity index (χ0) is 18.8. The van der Waals surface area contributed by atoms with Gasteiger partial charge in [-0.1, -0.05) is 48.5 Å². The van der Waals surface area contributed by atoms with Crippen molar-refractivity contribution in [1.29, 1.82) is 0 Å². The molecule has 1 nitrogen and oxygen atoms in total. The molecule has 3 aromatic rings. The molecule has 28 heavy (non-hydrogen) atoms. The van der Waals surface area contributed by atoms with E-state index in [-0.39, 0.29) is 0 Å². The van der Waals surface area contributed by atoms with Crippen LogP contribution < -0.4 is 4.90 Å². The Morgan fingerprint density at radius 1 is 0.571 bits per heavy atom. The number of nitrogens with zero attached hydrogens (tertiary/aromatic N) is 1. The number of rotatable bonds is 4. The third-order valence-electron chi connectivity index (χ3n) is 6.55. The van der Waals surface area contributed by atoms with Crippen LogP contribution in [0.2, 0.25) is 0 Å². The van der Waals surface area contributed by atoms with E-state index in [1.165, 1.54) is 68.3 Å². The first-order valence-corrected chi connectivity index (χ1v) is 10.9. The van der Waals surface area contributed by atoms with Crippen molar-refractivity contribution < 1.29 is 0 Å². The molecule has 1 heteroatoms. The van der Waals surface area contributed by atoms with Crippen LogP contribution in [0.4, 0.5) is 11.4 Å². The fraction of sp³-hybridized carbons (Fsp3) is 0.333. The first-order valence-electron chi connectivity index (χ1n) is 10.9. The number of fused-ring (bicyclic) bond motifs is 2. The molecular formula is C27H29N. The molecule has 0 radical (unpaired) electrons. The summed E-state index contributed by atoms with van der Waals surface area (Å²) >= 11 is 0. The maximum Gasteiger partial charge on any atom is 0.0484 e. The summed E-state index contributed by atoms with van der Waals surface area (Å²) in [6.45, 7) is 0.962. The predicted molar refractivity (Wildman–Crippen MR) is 118 cm³/mol. The van der Waals surface area contributed by atoms with Crippen molar-refractivity contribution in [3.05, 3.63) is 94.5 Å². The van der Waals surface area contributed by atoms with Gasteiger partial charge in [0.2, 0.25) is 0 Å². The number of aryl methyl sites for hydroxylation is 2. The number of para-hydroxylation sites is 1. The summed E-state index contributed by atoms with van der Waals surface area (Å²) < 4.78 is 0. The van der Waals surface area contributed by atoms with Crippen LogP contribution in [-0.4, -0.2) is 0 Å². The van der Waals surface area contributed by atoms with E-state index in [0.717, 1.165) is 6.54 Å². The van der Waals surface area contributed by atoms with Crippen molar-refractivity contribution in [3.8, 4) is 0 Å². The predicted octanol–water partition coefficient (Wildman–Crippen LogP) is 6.78. The van der Waals surface area contributed by atoms with Gasteiger partial charge in [0.05, 0.1) is 0 Å². The molecule has 0 saturated carbocycles.